The van der Waals surface area contributed by atoms with Crippen molar-refractivity contribution >= 4 is 23.5 Å². The largest absolute Gasteiger partial charge is 0.370 e. The predicted octanol–water partition coefficient (Wildman–Crippen LogP) is 1.21. The molecule has 0 radical (unpaired) electrons. The van der Waals surface area contributed by atoms with Crippen molar-refractivity contribution in [3.8, 4) is 0 Å². The molecule has 6 nitrogen and oxygen atoms in total. The van der Waals surface area contributed by atoms with E-state index in [0.29, 0.717) is 28.7 Å². The zero-order valence-electron chi connectivity index (χ0n) is 11.7. The highest BCUT2D eigenvalue weighted by molar-refractivity contribution is 7.99. The van der Waals surface area contributed by atoms with Gasteiger partial charge in [0.15, 0.2) is 10.9 Å². The number of carbonyl (C=O) groups excluding carboxylic acids is 2. The minimum atomic E-state index is -0.369. The second kappa shape index (κ2) is 7.03. The van der Waals surface area contributed by atoms with E-state index < -0.39 is 0 Å². The van der Waals surface area contributed by atoms with E-state index in [2.05, 4.69) is 10.2 Å². The SMILES string of the molecule is Cn1c(CCC(N)=O)nnc1SCC(=O)c1ccccc1. The highest BCUT2D eigenvalue weighted by Crippen LogP contribution is 2.17. The summed E-state index contributed by atoms with van der Waals surface area (Å²) in [7, 11) is 1.81. The van der Waals surface area contributed by atoms with E-state index in [1.54, 1.807) is 16.7 Å². The average Bonchev–Trinajstić information content (AvgIpc) is 2.84. The maximum atomic E-state index is 12.0. The van der Waals surface area contributed by atoms with Crippen molar-refractivity contribution in [2.75, 3.05) is 5.75 Å². The van der Waals surface area contributed by atoms with Crippen LogP contribution in [0.4, 0.5) is 0 Å². The van der Waals surface area contributed by atoms with Crippen molar-refractivity contribution in [2.45, 2.75) is 18.0 Å². The number of hydrogen-bond donors (Lipinski definition) is 1. The zero-order valence-corrected chi connectivity index (χ0v) is 12.5. The fraction of sp³-hybridized carbons (Fsp3) is 0.286. The smallest absolute Gasteiger partial charge is 0.217 e. The molecule has 2 aromatic rings. The molecule has 1 aromatic carbocycles. The maximum Gasteiger partial charge on any atom is 0.217 e. The van der Waals surface area contributed by atoms with Gasteiger partial charge < -0.3 is 10.3 Å². The van der Waals surface area contributed by atoms with Gasteiger partial charge in [-0.3, -0.25) is 9.59 Å². The van der Waals surface area contributed by atoms with Crippen LogP contribution in [0.3, 0.4) is 0 Å². The molecule has 0 aliphatic rings. The molecule has 2 N–H and O–H groups in total. The standard InChI is InChI=1S/C14H16N4O2S/c1-18-13(8-7-12(15)20)16-17-14(18)21-9-11(19)10-5-3-2-4-6-10/h2-6H,7-9H2,1H3,(H2,15,20). The van der Waals surface area contributed by atoms with E-state index in [4.69, 9.17) is 5.73 Å². The number of nitrogens with zero attached hydrogens (tertiary/aromatic N) is 3. The second-order valence-corrected chi connectivity index (χ2v) is 5.44. The zero-order chi connectivity index (χ0) is 15.2. The Hall–Kier alpha value is -2.15. The first-order valence-electron chi connectivity index (χ1n) is 6.45. The molecule has 0 spiro atoms. The third-order valence-corrected chi connectivity index (χ3v) is 3.97. The summed E-state index contributed by atoms with van der Waals surface area (Å²) in [4.78, 5) is 22.8. The number of primary amides is 1. The monoisotopic (exact) mass is 304 g/mol. The van der Waals surface area contributed by atoms with Crippen molar-refractivity contribution in [3.63, 3.8) is 0 Å². The van der Waals surface area contributed by atoms with E-state index in [0.717, 1.165) is 0 Å². The van der Waals surface area contributed by atoms with E-state index in [1.807, 2.05) is 25.2 Å². The highest BCUT2D eigenvalue weighted by atomic mass is 32.2. The van der Waals surface area contributed by atoms with Gasteiger partial charge in [0.25, 0.3) is 0 Å². The first-order chi connectivity index (χ1) is 10.1. The molecule has 1 heterocycles. The van der Waals surface area contributed by atoms with Crippen LogP contribution in [-0.2, 0) is 18.3 Å². The lowest BCUT2D eigenvalue weighted by Crippen LogP contribution is -2.13. The molecule has 110 valence electrons. The van der Waals surface area contributed by atoms with Gasteiger partial charge in [-0.05, 0) is 0 Å². The third-order valence-electron chi connectivity index (χ3n) is 2.95. The van der Waals surface area contributed by atoms with E-state index >= 15 is 0 Å². The van der Waals surface area contributed by atoms with Crippen molar-refractivity contribution in [3.05, 3.63) is 41.7 Å². The number of hydrogen-bond acceptors (Lipinski definition) is 5. The molecular formula is C14H16N4O2S. The van der Waals surface area contributed by atoms with Gasteiger partial charge >= 0.3 is 0 Å². The Morgan fingerprint density at radius 1 is 1.24 bits per heavy atom. The van der Waals surface area contributed by atoms with Crippen molar-refractivity contribution in [2.24, 2.45) is 12.8 Å². The molecule has 2 rings (SSSR count). The number of thioether (sulfide) groups is 1. The van der Waals surface area contributed by atoms with Crippen molar-refractivity contribution in [1.82, 2.24) is 14.8 Å². The van der Waals surface area contributed by atoms with Crippen LogP contribution in [0.2, 0.25) is 0 Å². The summed E-state index contributed by atoms with van der Waals surface area (Å²) >= 11 is 1.33. The molecular weight excluding hydrogens is 288 g/mol. The normalized spacial score (nSPS) is 10.5. The summed E-state index contributed by atoms with van der Waals surface area (Å²) < 4.78 is 1.78. The van der Waals surface area contributed by atoms with Gasteiger partial charge in [-0.25, -0.2) is 0 Å². The van der Waals surface area contributed by atoms with Gasteiger partial charge in [-0.2, -0.15) is 0 Å². The van der Waals surface area contributed by atoms with Crippen molar-refractivity contribution < 1.29 is 9.59 Å². The van der Waals surface area contributed by atoms with Crippen LogP contribution in [0.15, 0.2) is 35.5 Å². The number of Topliss-reactive ketones (excluding diaryl/α,β-unsaturated/α-hetero) is 1. The van der Waals surface area contributed by atoms with Gasteiger partial charge in [-0.15, -0.1) is 10.2 Å². The van der Waals surface area contributed by atoms with Gasteiger partial charge in [0, 0.05) is 25.5 Å². The molecule has 0 unspecified atom stereocenters. The molecule has 1 aromatic heterocycles. The Balaban J connectivity index is 1.95. The van der Waals surface area contributed by atoms with E-state index in [9.17, 15) is 9.59 Å². The van der Waals surface area contributed by atoms with Crippen LogP contribution >= 0.6 is 11.8 Å². The summed E-state index contributed by atoms with van der Waals surface area (Å²) in [6.45, 7) is 0. The number of benzene rings is 1. The van der Waals surface area contributed by atoms with Crippen LogP contribution in [0.5, 0.6) is 0 Å². The first kappa shape index (κ1) is 15.2. The molecule has 7 heteroatoms. The van der Waals surface area contributed by atoms with Gasteiger partial charge in [0.2, 0.25) is 5.91 Å². The van der Waals surface area contributed by atoms with Crippen LogP contribution in [0.25, 0.3) is 0 Å². The molecule has 21 heavy (non-hydrogen) atoms. The molecule has 0 aliphatic heterocycles. The molecule has 0 saturated heterocycles. The summed E-state index contributed by atoms with van der Waals surface area (Å²) in [5.41, 5.74) is 5.80. The minimum Gasteiger partial charge on any atom is -0.370 e. The molecule has 0 saturated carbocycles. The number of carbonyl (C=O) groups is 2. The first-order valence-corrected chi connectivity index (χ1v) is 7.44. The summed E-state index contributed by atoms with van der Waals surface area (Å²) in [6.07, 6.45) is 0.686. The van der Waals surface area contributed by atoms with Crippen LogP contribution < -0.4 is 5.73 Å². The van der Waals surface area contributed by atoms with Crippen molar-refractivity contribution in [1.29, 1.82) is 0 Å². The number of amides is 1. The Bertz CT molecular complexity index is 640. The minimum absolute atomic E-state index is 0.0438. The van der Waals surface area contributed by atoms with Gasteiger partial charge in [-0.1, -0.05) is 42.1 Å². The van der Waals surface area contributed by atoms with Crippen LogP contribution in [-0.4, -0.2) is 32.2 Å². The Labute approximate surface area is 126 Å². The van der Waals surface area contributed by atoms with E-state index in [1.165, 1.54) is 11.8 Å². The van der Waals surface area contributed by atoms with Gasteiger partial charge in [0.1, 0.15) is 5.82 Å². The summed E-state index contributed by atoms with van der Waals surface area (Å²) in [5.74, 6) is 0.656. The Morgan fingerprint density at radius 2 is 1.95 bits per heavy atom. The van der Waals surface area contributed by atoms with Gasteiger partial charge in [0.05, 0.1) is 5.75 Å². The fourth-order valence-electron chi connectivity index (χ4n) is 1.76. The average molecular weight is 304 g/mol. The molecule has 0 aliphatic carbocycles. The number of aryl methyl sites for hydroxylation is 1. The van der Waals surface area contributed by atoms with Crippen LogP contribution in [0.1, 0.15) is 22.6 Å². The summed E-state index contributed by atoms with van der Waals surface area (Å²) in [5, 5.41) is 8.69. The quantitative estimate of drug-likeness (QED) is 0.613. The molecule has 0 atom stereocenters. The predicted molar refractivity (Wildman–Crippen MR) is 80.0 cm³/mol. The molecule has 0 bridgehead atoms. The Kier molecular flexibility index (Phi) is 5.10. The maximum absolute atomic E-state index is 12.0. The summed E-state index contributed by atoms with van der Waals surface area (Å²) in [6, 6.07) is 9.12. The third kappa shape index (κ3) is 4.16. The second-order valence-electron chi connectivity index (χ2n) is 4.50. The molecule has 0 fully saturated rings. The lowest BCUT2D eigenvalue weighted by atomic mass is 10.2. The lowest BCUT2D eigenvalue weighted by Gasteiger charge is -2.03. The highest BCUT2D eigenvalue weighted by Gasteiger charge is 2.12. The lowest BCUT2D eigenvalue weighted by molar-refractivity contribution is -0.118. The van der Waals surface area contributed by atoms with Crippen LogP contribution in [0, 0.1) is 0 Å². The number of rotatable bonds is 7. The number of nitrogens with two attached hydrogens (primary N) is 1. The van der Waals surface area contributed by atoms with E-state index in [-0.39, 0.29) is 18.1 Å². The molecule has 1 amide bonds. The topological polar surface area (TPSA) is 90.9 Å². The fourth-order valence-corrected chi connectivity index (χ4v) is 2.59. The number of aromatic nitrogens is 3. The Morgan fingerprint density at radius 3 is 2.62 bits per heavy atom. The number of ketones is 1.